The number of carbonyl (C=O) groups excluding carboxylic acids is 1. The van der Waals surface area contributed by atoms with Gasteiger partial charge in [-0.05, 0) is 24.6 Å². The fourth-order valence-corrected chi connectivity index (χ4v) is 3.02. The number of anilines is 1. The van der Waals surface area contributed by atoms with E-state index in [1.807, 2.05) is 54.7 Å². The van der Waals surface area contributed by atoms with E-state index in [4.69, 9.17) is 9.72 Å². The zero-order valence-electron chi connectivity index (χ0n) is 16.5. The van der Waals surface area contributed by atoms with Gasteiger partial charge >= 0.3 is 5.97 Å². The van der Waals surface area contributed by atoms with Crippen LogP contribution in [0.4, 0.5) is 5.82 Å². The second kappa shape index (κ2) is 9.00. The molecular weight excluding hydrogens is 378 g/mol. The Morgan fingerprint density at radius 1 is 1.17 bits per heavy atom. The lowest BCUT2D eigenvalue weighted by molar-refractivity contribution is -0.137. The van der Waals surface area contributed by atoms with Crippen LogP contribution in [-0.2, 0) is 16.1 Å². The molecule has 0 aliphatic rings. The molecule has 0 fully saturated rings. The van der Waals surface area contributed by atoms with Gasteiger partial charge in [0.25, 0.3) is 0 Å². The Labute approximate surface area is 174 Å². The maximum absolute atomic E-state index is 11.7. The molecule has 3 heterocycles. The number of hydrogen-bond acceptors (Lipinski definition) is 6. The van der Waals surface area contributed by atoms with Crippen LogP contribution >= 0.6 is 0 Å². The number of carbonyl (C=O) groups is 1. The van der Waals surface area contributed by atoms with Gasteiger partial charge in [0.15, 0.2) is 5.65 Å². The predicted molar refractivity (Wildman–Crippen MR) is 116 cm³/mol. The second-order valence-corrected chi connectivity index (χ2v) is 6.53. The maximum Gasteiger partial charge on any atom is 0.330 e. The van der Waals surface area contributed by atoms with Crippen LogP contribution in [0.3, 0.4) is 0 Å². The van der Waals surface area contributed by atoms with Crippen molar-refractivity contribution in [3.63, 3.8) is 0 Å². The van der Waals surface area contributed by atoms with E-state index < -0.39 is 5.97 Å². The average molecular weight is 399 g/mol. The number of hydrogen-bond donors (Lipinski definition) is 1. The molecule has 0 bridgehead atoms. The Bertz CT molecular complexity index is 1170. The predicted octanol–water partition coefficient (Wildman–Crippen LogP) is 3.98. The average Bonchev–Trinajstić information content (AvgIpc) is 3.20. The Morgan fingerprint density at radius 3 is 2.80 bits per heavy atom. The van der Waals surface area contributed by atoms with E-state index in [2.05, 4.69) is 15.4 Å². The number of rotatable bonds is 7. The van der Waals surface area contributed by atoms with E-state index in [1.54, 1.807) is 29.9 Å². The third kappa shape index (κ3) is 4.35. The van der Waals surface area contributed by atoms with Crippen LogP contribution in [0.5, 0.6) is 0 Å². The molecule has 0 aliphatic heterocycles. The fourth-order valence-electron chi connectivity index (χ4n) is 3.02. The molecule has 0 saturated heterocycles. The van der Waals surface area contributed by atoms with Gasteiger partial charge in [-0.2, -0.15) is 9.61 Å². The van der Waals surface area contributed by atoms with Crippen molar-refractivity contribution in [2.45, 2.75) is 13.5 Å². The molecule has 0 amide bonds. The first-order chi connectivity index (χ1) is 14.7. The Balaban J connectivity index is 1.74. The largest absolute Gasteiger partial charge is 0.463 e. The van der Waals surface area contributed by atoms with Gasteiger partial charge in [0.1, 0.15) is 5.82 Å². The Hall–Kier alpha value is -4.00. The van der Waals surface area contributed by atoms with Crippen molar-refractivity contribution in [3.8, 4) is 11.3 Å². The number of nitrogens with one attached hydrogen (secondary N) is 1. The van der Waals surface area contributed by atoms with E-state index >= 15 is 0 Å². The summed E-state index contributed by atoms with van der Waals surface area (Å²) < 4.78 is 6.69. The first-order valence-electron chi connectivity index (χ1n) is 9.66. The minimum absolute atomic E-state index is 0.330. The van der Waals surface area contributed by atoms with Crippen LogP contribution in [0.25, 0.3) is 23.0 Å². The van der Waals surface area contributed by atoms with Gasteiger partial charge in [0.2, 0.25) is 0 Å². The van der Waals surface area contributed by atoms with Crippen molar-refractivity contribution in [2.75, 3.05) is 11.9 Å². The minimum Gasteiger partial charge on any atom is -0.463 e. The van der Waals surface area contributed by atoms with E-state index in [-0.39, 0.29) is 0 Å². The normalized spacial score (nSPS) is 11.1. The van der Waals surface area contributed by atoms with Gasteiger partial charge < -0.3 is 10.1 Å². The Morgan fingerprint density at radius 2 is 2.03 bits per heavy atom. The van der Waals surface area contributed by atoms with Crippen LogP contribution in [0, 0.1) is 0 Å². The first-order valence-corrected chi connectivity index (χ1v) is 9.66. The number of ether oxygens (including phenoxy) is 1. The summed E-state index contributed by atoms with van der Waals surface area (Å²) in [5.41, 5.74) is 4.23. The Kier molecular flexibility index (Phi) is 5.80. The molecule has 0 aliphatic carbocycles. The summed E-state index contributed by atoms with van der Waals surface area (Å²) in [6, 6.07) is 15.8. The molecule has 4 aromatic rings. The number of benzene rings is 1. The smallest absolute Gasteiger partial charge is 0.330 e. The topological polar surface area (TPSA) is 81.4 Å². The summed E-state index contributed by atoms with van der Waals surface area (Å²) in [5.74, 6) is 0.393. The summed E-state index contributed by atoms with van der Waals surface area (Å²) in [7, 11) is 0. The molecule has 4 rings (SSSR count). The summed E-state index contributed by atoms with van der Waals surface area (Å²) in [4.78, 5) is 20.7. The second-order valence-electron chi connectivity index (χ2n) is 6.53. The molecule has 7 heteroatoms. The highest BCUT2D eigenvalue weighted by molar-refractivity contribution is 5.88. The zero-order valence-corrected chi connectivity index (χ0v) is 16.5. The molecule has 3 aromatic heterocycles. The number of nitrogens with zero attached hydrogens (tertiary/aromatic N) is 4. The molecule has 0 radical (unpaired) electrons. The lowest BCUT2D eigenvalue weighted by Gasteiger charge is -2.11. The maximum atomic E-state index is 11.7. The van der Waals surface area contributed by atoms with E-state index in [0.29, 0.717) is 18.8 Å². The summed E-state index contributed by atoms with van der Waals surface area (Å²) in [6.07, 6.45) is 8.31. The molecule has 0 atom stereocenters. The number of esters is 1. The lowest BCUT2D eigenvalue weighted by Crippen LogP contribution is -2.07. The van der Waals surface area contributed by atoms with Crippen LogP contribution < -0.4 is 5.32 Å². The van der Waals surface area contributed by atoms with E-state index in [1.165, 1.54) is 6.08 Å². The van der Waals surface area contributed by atoms with Crippen LogP contribution in [0.1, 0.15) is 18.1 Å². The molecule has 1 N–H and O–H groups in total. The zero-order chi connectivity index (χ0) is 20.8. The number of aromatic nitrogens is 4. The van der Waals surface area contributed by atoms with Crippen molar-refractivity contribution in [2.24, 2.45) is 0 Å². The monoisotopic (exact) mass is 399 g/mol. The van der Waals surface area contributed by atoms with Gasteiger partial charge in [0, 0.05) is 42.2 Å². The van der Waals surface area contributed by atoms with Crippen molar-refractivity contribution in [3.05, 3.63) is 84.3 Å². The number of fused-ring (bicyclic) bond motifs is 1. The highest BCUT2D eigenvalue weighted by atomic mass is 16.5. The van der Waals surface area contributed by atoms with Crippen molar-refractivity contribution < 1.29 is 9.53 Å². The van der Waals surface area contributed by atoms with Crippen LogP contribution in [0.15, 0.2) is 73.2 Å². The van der Waals surface area contributed by atoms with Gasteiger partial charge in [-0.3, -0.25) is 4.98 Å². The van der Waals surface area contributed by atoms with Gasteiger partial charge in [-0.25, -0.2) is 9.78 Å². The molecule has 0 spiro atoms. The van der Waals surface area contributed by atoms with Gasteiger partial charge in [-0.1, -0.05) is 36.4 Å². The molecule has 0 unspecified atom stereocenters. The standard InChI is InChI=1S/C23H21N5O2/c1-2-30-22(29)11-10-19-16-26-28-21(25-15-17-7-6-12-24-14-17)13-20(27-23(19)28)18-8-4-3-5-9-18/h3-14,16,25H,2,15H2,1H3. The molecule has 1 aromatic carbocycles. The molecule has 30 heavy (non-hydrogen) atoms. The highest BCUT2D eigenvalue weighted by Gasteiger charge is 2.12. The lowest BCUT2D eigenvalue weighted by atomic mass is 10.1. The fraction of sp³-hybridized carbons (Fsp3) is 0.130. The highest BCUT2D eigenvalue weighted by Crippen LogP contribution is 2.24. The van der Waals surface area contributed by atoms with Crippen LogP contribution in [-0.4, -0.2) is 32.2 Å². The number of pyridine rings is 1. The van der Waals surface area contributed by atoms with Crippen molar-refractivity contribution in [1.29, 1.82) is 0 Å². The quantitative estimate of drug-likeness (QED) is 0.374. The van der Waals surface area contributed by atoms with E-state index in [9.17, 15) is 4.79 Å². The summed E-state index contributed by atoms with van der Waals surface area (Å²) in [5, 5.41) is 7.88. The molecule has 0 saturated carbocycles. The molecule has 150 valence electrons. The van der Waals surface area contributed by atoms with Gasteiger partial charge in [-0.15, -0.1) is 0 Å². The molecule has 7 nitrogen and oxygen atoms in total. The van der Waals surface area contributed by atoms with Crippen LogP contribution in [0.2, 0.25) is 0 Å². The SMILES string of the molecule is CCOC(=O)C=Cc1cnn2c(NCc3cccnc3)cc(-c3ccccc3)nc12. The van der Waals surface area contributed by atoms with Crippen molar-refractivity contribution in [1.82, 2.24) is 19.6 Å². The van der Waals surface area contributed by atoms with E-state index in [0.717, 1.165) is 28.2 Å². The summed E-state index contributed by atoms with van der Waals surface area (Å²) in [6.45, 7) is 2.70. The summed E-state index contributed by atoms with van der Waals surface area (Å²) >= 11 is 0. The minimum atomic E-state index is -0.397. The third-order valence-corrected chi connectivity index (χ3v) is 4.45. The van der Waals surface area contributed by atoms with Gasteiger partial charge in [0.05, 0.1) is 18.5 Å². The first kappa shape index (κ1) is 19.3. The van der Waals surface area contributed by atoms with Crippen molar-refractivity contribution >= 4 is 23.5 Å². The molecular formula is C23H21N5O2. The third-order valence-electron chi connectivity index (χ3n) is 4.45.